The summed E-state index contributed by atoms with van der Waals surface area (Å²) in [6.07, 6.45) is 3.02. The summed E-state index contributed by atoms with van der Waals surface area (Å²) in [4.78, 5) is 32.2. The second-order valence-corrected chi connectivity index (χ2v) is 5.84. The molecule has 2 aromatic heterocycles. The second-order valence-electron chi connectivity index (χ2n) is 4.92. The predicted molar refractivity (Wildman–Crippen MR) is 74.3 cm³/mol. The maximum Gasteiger partial charge on any atom is 0.268 e. The molecule has 3 heterocycles. The Morgan fingerprint density at radius 2 is 2.47 bits per heavy atom. The fourth-order valence-corrected chi connectivity index (χ4v) is 3.28. The first-order valence-electron chi connectivity index (χ1n) is 6.40. The number of hydrogen-bond acceptors (Lipinski definition) is 5. The molecule has 0 radical (unpaired) electrons. The fourth-order valence-electron chi connectivity index (χ4n) is 2.55. The molecule has 0 amide bonds. The van der Waals surface area contributed by atoms with Crippen molar-refractivity contribution in [2.75, 3.05) is 13.1 Å². The number of thiophene rings is 1. The summed E-state index contributed by atoms with van der Waals surface area (Å²) >= 11 is 1.41. The Hall–Kier alpha value is -1.53. The van der Waals surface area contributed by atoms with Crippen LogP contribution in [0.2, 0.25) is 0 Å². The summed E-state index contributed by atoms with van der Waals surface area (Å²) in [6.45, 7) is 2.32. The lowest BCUT2D eigenvalue weighted by molar-refractivity contribution is -0.112. The maximum absolute atomic E-state index is 11.9. The summed E-state index contributed by atoms with van der Waals surface area (Å²) in [7, 11) is 0. The standard InChI is InChI=1S/C13H15N3O2S/c17-8-9-2-1-4-16(6-9)7-11-14-10-3-5-19-12(10)13(18)15-11/h3,5,8-9H,1-2,4,6-7H2,(H,14,15,18). The summed E-state index contributed by atoms with van der Waals surface area (Å²) in [5.41, 5.74) is 0.687. The van der Waals surface area contributed by atoms with E-state index < -0.39 is 0 Å². The molecule has 1 atom stereocenters. The van der Waals surface area contributed by atoms with Gasteiger partial charge in [0.05, 0.1) is 12.1 Å². The number of H-pyrrole nitrogens is 1. The van der Waals surface area contributed by atoms with Crippen molar-refractivity contribution in [3.05, 3.63) is 27.6 Å². The normalized spacial score (nSPS) is 20.7. The highest BCUT2D eigenvalue weighted by molar-refractivity contribution is 7.17. The van der Waals surface area contributed by atoms with Crippen LogP contribution in [0.15, 0.2) is 16.2 Å². The number of nitrogens with one attached hydrogen (secondary N) is 1. The average Bonchev–Trinajstić information content (AvgIpc) is 2.88. The third-order valence-electron chi connectivity index (χ3n) is 3.47. The van der Waals surface area contributed by atoms with Gasteiger partial charge in [-0.05, 0) is 30.8 Å². The number of piperidine rings is 1. The monoisotopic (exact) mass is 277 g/mol. The zero-order chi connectivity index (χ0) is 13.2. The zero-order valence-electron chi connectivity index (χ0n) is 10.5. The Labute approximate surface area is 114 Å². The Morgan fingerprint density at radius 3 is 3.32 bits per heavy atom. The molecule has 19 heavy (non-hydrogen) atoms. The quantitative estimate of drug-likeness (QED) is 0.861. The van der Waals surface area contributed by atoms with Gasteiger partial charge in [-0.15, -0.1) is 11.3 Å². The molecule has 1 aliphatic rings. The molecular formula is C13H15N3O2S. The van der Waals surface area contributed by atoms with Crippen molar-refractivity contribution in [1.82, 2.24) is 14.9 Å². The molecule has 6 heteroatoms. The van der Waals surface area contributed by atoms with Gasteiger partial charge in [0, 0.05) is 12.5 Å². The van der Waals surface area contributed by atoms with E-state index in [1.807, 2.05) is 11.4 Å². The van der Waals surface area contributed by atoms with Gasteiger partial charge in [0.2, 0.25) is 0 Å². The van der Waals surface area contributed by atoms with Crippen LogP contribution in [0, 0.1) is 5.92 Å². The number of aromatic nitrogens is 2. The molecule has 1 aliphatic heterocycles. The molecule has 1 saturated heterocycles. The van der Waals surface area contributed by atoms with Crippen LogP contribution in [-0.2, 0) is 11.3 Å². The van der Waals surface area contributed by atoms with Crippen LogP contribution in [0.1, 0.15) is 18.7 Å². The van der Waals surface area contributed by atoms with E-state index in [0.717, 1.165) is 37.7 Å². The number of aromatic amines is 1. The third kappa shape index (κ3) is 2.59. The fraction of sp³-hybridized carbons (Fsp3) is 0.462. The van der Waals surface area contributed by atoms with E-state index in [0.29, 0.717) is 17.1 Å². The Morgan fingerprint density at radius 1 is 1.58 bits per heavy atom. The first-order chi connectivity index (χ1) is 9.26. The second kappa shape index (κ2) is 5.22. The predicted octanol–water partition coefficient (Wildman–Crippen LogP) is 1.40. The number of nitrogens with zero attached hydrogens (tertiary/aromatic N) is 2. The Balaban J connectivity index is 1.81. The van der Waals surface area contributed by atoms with E-state index in [-0.39, 0.29) is 11.5 Å². The molecule has 1 fully saturated rings. The molecular weight excluding hydrogens is 262 g/mol. The molecule has 100 valence electrons. The van der Waals surface area contributed by atoms with Gasteiger partial charge in [-0.3, -0.25) is 9.69 Å². The minimum Gasteiger partial charge on any atom is -0.308 e. The number of carbonyl (C=O) groups is 1. The van der Waals surface area contributed by atoms with E-state index in [1.54, 1.807) is 0 Å². The van der Waals surface area contributed by atoms with Crippen molar-refractivity contribution in [1.29, 1.82) is 0 Å². The molecule has 0 spiro atoms. The van der Waals surface area contributed by atoms with Gasteiger partial charge in [-0.2, -0.15) is 0 Å². The molecule has 2 aromatic rings. The van der Waals surface area contributed by atoms with E-state index in [2.05, 4.69) is 14.9 Å². The molecule has 0 saturated carbocycles. The van der Waals surface area contributed by atoms with Crippen molar-refractivity contribution in [2.24, 2.45) is 5.92 Å². The van der Waals surface area contributed by atoms with Crippen molar-refractivity contribution in [3.8, 4) is 0 Å². The number of rotatable bonds is 3. The third-order valence-corrected chi connectivity index (χ3v) is 4.37. The summed E-state index contributed by atoms with van der Waals surface area (Å²) in [5, 5.41) is 1.88. The lowest BCUT2D eigenvalue weighted by Crippen LogP contribution is -2.36. The lowest BCUT2D eigenvalue weighted by atomic mass is 10.00. The van der Waals surface area contributed by atoms with Crippen LogP contribution in [0.25, 0.3) is 10.2 Å². The maximum atomic E-state index is 11.9. The average molecular weight is 277 g/mol. The molecule has 0 aromatic carbocycles. The van der Waals surface area contributed by atoms with Crippen molar-refractivity contribution in [2.45, 2.75) is 19.4 Å². The number of fused-ring (bicyclic) bond motifs is 1. The minimum absolute atomic E-state index is 0.0704. The van der Waals surface area contributed by atoms with Gasteiger partial charge >= 0.3 is 0 Å². The minimum atomic E-state index is -0.0704. The van der Waals surface area contributed by atoms with Crippen molar-refractivity contribution < 1.29 is 4.79 Å². The van der Waals surface area contributed by atoms with Crippen LogP contribution in [-0.4, -0.2) is 34.2 Å². The Kier molecular flexibility index (Phi) is 3.44. The van der Waals surface area contributed by atoms with E-state index in [9.17, 15) is 9.59 Å². The zero-order valence-corrected chi connectivity index (χ0v) is 11.3. The Bertz CT molecular complexity index is 649. The van der Waals surface area contributed by atoms with Gasteiger partial charge in [-0.1, -0.05) is 0 Å². The number of aldehydes is 1. The number of likely N-dealkylation sites (tertiary alicyclic amines) is 1. The van der Waals surface area contributed by atoms with Crippen molar-refractivity contribution >= 4 is 27.8 Å². The first kappa shape index (κ1) is 12.5. The van der Waals surface area contributed by atoms with E-state index in [1.165, 1.54) is 11.3 Å². The van der Waals surface area contributed by atoms with Crippen molar-refractivity contribution in [3.63, 3.8) is 0 Å². The highest BCUT2D eigenvalue weighted by atomic mass is 32.1. The van der Waals surface area contributed by atoms with Gasteiger partial charge in [-0.25, -0.2) is 4.98 Å². The molecule has 1 unspecified atom stereocenters. The number of hydrogen-bond donors (Lipinski definition) is 1. The van der Waals surface area contributed by atoms with E-state index >= 15 is 0 Å². The van der Waals surface area contributed by atoms with Gasteiger partial charge in [0.15, 0.2) is 0 Å². The largest absolute Gasteiger partial charge is 0.308 e. The van der Waals surface area contributed by atoms with E-state index in [4.69, 9.17) is 0 Å². The van der Waals surface area contributed by atoms with Crippen LogP contribution < -0.4 is 5.56 Å². The molecule has 3 rings (SSSR count). The molecule has 0 bridgehead atoms. The van der Waals surface area contributed by atoms with Crippen LogP contribution >= 0.6 is 11.3 Å². The van der Waals surface area contributed by atoms with Gasteiger partial charge in [0.1, 0.15) is 16.8 Å². The van der Waals surface area contributed by atoms with Gasteiger partial charge in [0.25, 0.3) is 5.56 Å². The smallest absolute Gasteiger partial charge is 0.268 e. The summed E-state index contributed by atoms with van der Waals surface area (Å²) in [5.74, 6) is 0.799. The summed E-state index contributed by atoms with van der Waals surface area (Å²) < 4.78 is 0.674. The highest BCUT2D eigenvalue weighted by Crippen LogP contribution is 2.17. The molecule has 5 nitrogen and oxygen atoms in total. The first-order valence-corrected chi connectivity index (χ1v) is 7.28. The molecule has 1 N–H and O–H groups in total. The molecule has 0 aliphatic carbocycles. The lowest BCUT2D eigenvalue weighted by Gasteiger charge is -2.29. The highest BCUT2D eigenvalue weighted by Gasteiger charge is 2.20. The van der Waals surface area contributed by atoms with Crippen LogP contribution in [0.4, 0.5) is 0 Å². The van der Waals surface area contributed by atoms with Crippen LogP contribution in [0.3, 0.4) is 0 Å². The number of carbonyl (C=O) groups excluding carboxylic acids is 1. The van der Waals surface area contributed by atoms with Crippen LogP contribution in [0.5, 0.6) is 0 Å². The topological polar surface area (TPSA) is 66.1 Å². The SMILES string of the molecule is O=CC1CCCN(Cc2nc3ccsc3c(=O)[nH]2)C1. The van der Waals surface area contributed by atoms with Gasteiger partial charge < -0.3 is 9.78 Å². The summed E-state index contributed by atoms with van der Waals surface area (Å²) in [6, 6.07) is 1.86.